The molecule has 2 rings (SSSR count). The van der Waals surface area contributed by atoms with Crippen molar-refractivity contribution in [1.29, 1.82) is 0 Å². The summed E-state index contributed by atoms with van der Waals surface area (Å²) in [6, 6.07) is 2.24. The lowest BCUT2D eigenvalue weighted by molar-refractivity contribution is -0.132. The summed E-state index contributed by atoms with van der Waals surface area (Å²) in [5.74, 6) is 0.170. The maximum Gasteiger partial charge on any atom is 0.228 e. The van der Waals surface area contributed by atoms with Gasteiger partial charge in [-0.3, -0.25) is 9.89 Å². The zero-order valence-electron chi connectivity index (χ0n) is 10.5. The summed E-state index contributed by atoms with van der Waals surface area (Å²) in [4.78, 5) is 16.3. The lowest BCUT2D eigenvalue weighted by atomic mass is 10.0. The number of carbonyl (C=O) groups is 1. The zero-order chi connectivity index (χ0) is 12.3. The van der Waals surface area contributed by atoms with E-state index in [0.717, 1.165) is 31.6 Å². The van der Waals surface area contributed by atoms with Crippen molar-refractivity contribution in [3.8, 4) is 0 Å². The molecule has 0 spiro atoms. The van der Waals surface area contributed by atoms with Crippen molar-refractivity contribution < 1.29 is 4.79 Å². The molecule has 1 fully saturated rings. The van der Waals surface area contributed by atoms with Gasteiger partial charge in [0.1, 0.15) is 0 Å². The molecule has 17 heavy (non-hydrogen) atoms. The van der Waals surface area contributed by atoms with Crippen molar-refractivity contribution in [2.45, 2.75) is 25.3 Å². The predicted molar refractivity (Wildman–Crippen MR) is 65.6 cm³/mol. The van der Waals surface area contributed by atoms with E-state index in [1.165, 1.54) is 0 Å². The van der Waals surface area contributed by atoms with Gasteiger partial charge in [0.15, 0.2) is 0 Å². The largest absolute Gasteiger partial charge is 0.342 e. The first-order valence-corrected chi connectivity index (χ1v) is 6.09. The summed E-state index contributed by atoms with van der Waals surface area (Å²) in [6.07, 6.45) is 4.24. The number of rotatable bonds is 3. The van der Waals surface area contributed by atoms with E-state index in [2.05, 4.69) is 22.1 Å². The Morgan fingerprint density at radius 1 is 1.59 bits per heavy atom. The van der Waals surface area contributed by atoms with Gasteiger partial charge in [0.05, 0.1) is 6.42 Å². The molecule has 0 bridgehead atoms. The molecule has 1 aromatic heterocycles. The summed E-state index contributed by atoms with van der Waals surface area (Å²) < 4.78 is 0. The molecule has 1 aromatic rings. The summed E-state index contributed by atoms with van der Waals surface area (Å²) in [6.45, 7) is 2.15. The van der Waals surface area contributed by atoms with E-state index in [1.807, 2.05) is 18.0 Å². The van der Waals surface area contributed by atoms with Crippen LogP contribution in [0, 0.1) is 0 Å². The van der Waals surface area contributed by atoms with Crippen molar-refractivity contribution in [3.05, 3.63) is 18.0 Å². The van der Waals surface area contributed by atoms with Gasteiger partial charge in [0.25, 0.3) is 0 Å². The molecular weight excluding hydrogens is 216 g/mol. The first-order valence-electron chi connectivity index (χ1n) is 6.09. The average molecular weight is 236 g/mol. The molecule has 1 aliphatic heterocycles. The van der Waals surface area contributed by atoms with Crippen LogP contribution in [0.4, 0.5) is 0 Å². The first kappa shape index (κ1) is 12.1. The number of hydrogen-bond acceptors (Lipinski definition) is 3. The number of likely N-dealkylation sites (N-methyl/N-ethyl adjacent to an activating group) is 1. The molecule has 1 aliphatic rings. The number of likely N-dealkylation sites (tertiary alicyclic amines) is 1. The molecule has 1 saturated heterocycles. The highest BCUT2D eigenvalue weighted by Crippen LogP contribution is 2.14. The smallest absolute Gasteiger partial charge is 0.228 e. The van der Waals surface area contributed by atoms with Gasteiger partial charge in [-0.25, -0.2) is 0 Å². The number of carbonyl (C=O) groups excluding carboxylic acids is 1. The molecule has 5 nitrogen and oxygen atoms in total. The van der Waals surface area contributed by atoms with Gasteiger partial charge in [-0.2, -0.15) is 5.10 Å². The number of aromatic amines is 1. The third-order valence-corrected chi connectivity index (χ3v) is 3.53. The predicted octanol–water partition coefficient (Wildman–Crippen LogP) is 0.505. The van der Waals surface area contributed by atoms with Crippen LogP contribution < -0.4 is 0 Å². The fourth-order valence-corrected chi connectivity index (χ4v) is 2.26. The quantitative estimate of drug-likeness (QED) is 0.831. The average Bonchev–Trinajstić information content (AvgIpc) is 2.82. The first-order chi connectivity index (χ1) is 8.16. The molecule has 94 valence electrons. The summed E-state index contributed by atoms with van der Waals surface area (Å²) >= 11 is 0. The molecule has 0 radical (unpaired) electrons. The fourth-order valence-electron chi connectivity index (χ4n) is 2.26. The van der Waals surface area contributed by atoms with Gasteiger partial charge in [-0.05, 0) is 39.0 Å². The standard InChI is InChI=1S/C12H20N4O/c1-15-7-4-11(5-8-15)16(2)12(17)9-10-3-6-13-14-10/h3,6,11H,4-5,7-9H2,1-2H3,(H,13,14). The second-order valence-electron chi connectivity index (χ2n) is 4.80. The molecule has 0 aromatic carbocycles. The minimum atomic E-state index is 0.170. The van der Waals surface area contributed by atoms with E-state index < -0.39 is 0 Å². The SMILES string of the molecule is CN1CCC(N(C)C(=O)Cc2ccn[nH]2)CC1. The van der Waals surface area contributed by atoms with E-state index in [-0.39, 0.29) is 5.91 Å². The van der Waals surface area contributed by atoms with Crippen LogP contribution in [-0.2, 0) is 11.2 Å². The summed E-state index contributed by atoms with van der Waals surface area (Å²) in [5, 5.41) is 6.68. The molecule has 0 saturated carbocycles. The van der Waals surface area contributed by atoms with Crippen molar-refractivity contribution in [2.24, 2.45) is 0 Å². The van der Waals surface area contributed by atoms with Crippen LogP contribution in [0.5, 0.6) is 0 Å². The number of piperidine rings is 1. The maximum atomic E-state index is 12.1. The van der Waals surface area contributed by atoms with Crippen molar-refractivity contribution >= 4 is 5.91 Å². The number of aromatic nitrogens is 2. The van der Waals surface area contributed by atoms with E-state index >= 15 is 0 Å². The maximum absolute atomic E-state index is 12.1. The molecule has 1 N–H and O–H groups in total. The second kappa shape index (κ2) is 5.31. The third-order valence-electron chi connectivity index (χ3n) is 3.53. The number of amides is 1. The Balaban J connectivity index is 1.86. The monoisotopic (exact) mass is 236 g/mol. The number of H-pyrrole nitrogens is 1. The van der Waals surface area contributed by atoms with E-state index in [9.17, 15) is 4.79 Å². The third kappa shape index (κ3) is 3.06. The lowest BCUT2D eigenvalue weighted by Gasteiger charge is -2.35. The van der Waals surface area contributed by atoms with Crippen molar-refractivity contribution in [1.82, 2.24) is 20.0 Å². The molecule has 0 atom stereocenters. The highest BCUT2D eigenvalue weighted by molar-refractivity contribution is 5.78. The van der Waals surface area contributed by atoms with Gasteiger partial charge >= 0.3 is 0 Å². The van der Waals surface area contributed by atoms with Crippen LogP contribution in [0.15, 0.2) is 12.3 Å². The normalized spacial score (nSPS) is 18.2. The Hall–Kier alpha value is -1.36. The van der Waals surface area contributed by atoms with Crippen LogP contribution in [0.3, 0.4) is 0 Å². The van der Waals surface area contributed by atoms with E-state index in [1.54, 1.807) is 6.20 Å². The van der Waals surface area contributed by atoms with Gasteiger partial charge in [0, 0.05) is 25.0 Å². The van der Waals surface area contributed by atoms with Gasteiger partial charge in [-0.15, -0.1) is 0 Å². The molecule has 1 amide bonds. The number of nitrogens with one attached hydrogen (secondary N) is 1. The van der Waals surface area contributed by atoms with E-state index in [0.29, 0.717) is 12.5 Å². The minimum absolute atomic E-state index is 0.170. The van der Waals surface area contributed by atoms with Crippen LogP contribution in [-0.4, -0.2) is 59.1 Å². The Kier molecular flexibility index (Phi) is 3.78. The zero-order valence-corrected chi connectivity index (χ0v) is 10.5. The van der Waals surface area contributed by atoms with Gasteiger partial charge < -0.3 is 9.80 Å². The number of nitrogens with zero attached hydrogens (tertiary/aromatic N) is 3. The Morgan fingerprint density at radius 2 is 2.29 bits per heavy atom. The molecule has 5 heteroatoms. The van der Waals surface area contributed by atoms with Crippen molar-refractivity contribution in [3.63, 3.8) is 0 Å². The Morgan fingerprint density at radius 3 is 2.88 bits per heavy atom. The second-order valence-corrected chi connectivity index (χ2v) is 4.80. The summed E-state index contributed by atoms with van der Waals surface area (Å²) in [7, 11) is 4.04. The topological polar surface area (TPSA) is 52.2 Å². The Labute approximate surface area is 102 Å². The minimum Gasteiger partial charge on any atom is -0.342 e. The molecule has 0 unspecified atom stereocenters. The molecular formula is C12H20N4O. The van der Waals surface area contributed by atoms with Gasteiger partial charge in [0.2, 0.25) is 5.91 Å². The lowest BCUT2D eigenvalue weighted by Crippen LogP contribution is -2.45. The molecule has 2 heterocycles. The van der Waals surface area contributed by atoms with Gasteiger partial charge in [-0.1, -0.05) is 0 Å². The van der Waals surface area contributed by atoms with Crippen LogP contribution in [0.1, 0.15) is 18.5 Å². The highest BCUT2D eigenvalue weighted by atomic mass is 16.2. The Bertz CT molecular complexity index is 355. The van der Waals surface area contributed by atoms with Crippen LogP contribution >= 0.6 is 0 Å². The van der Waals surface area contributed by atoms with Crippen LogP contribution in [0.2, 0.25) is 0 Å². The fraction of sp³-hybridized carbons (Fsp3) is 0.667. The number of hydrogen-bond donors (Lipinski definition) is 1. The molecule has 0 aliphatic carbocycles. The van der Waals surface area contributed by atoms with Crippen LogP contribution in [0.25, 0.3) is 0 Å². The van der Waals surface area contributed by atoms with Crippen molar-refractivity contribution in [2.75, 3.05) is 27.2 Å². The summed E-state index contributed by atoms with van der Waals surface area (Å²) in [5.41, 5.74) is 0.884. The highest BCUT2D eigenvalue weighted by Gasteiger charge is 2.23. The van der Waals surface area contributed by atoms with E-state index in [4.69, 9.17) is 0 Å².